The van der Waals surface area contributed by atoms with Crippen molar-refractivity contribution >= 4 is 17.2 Å². The molecule has 3 unspecified atom stereocenters. The van der Waals surface area contributed by atoms with Crippen molar-refractivity contribution in [1.29, 1.82) is 0 Å². The highest BCUT2D eigenvalue weighted by Gasteiger charge is 2.71. The highest BCUT2D eigenvalue weighted by Crippen LogP contribution is 2.58. The lowest BCUT2D eigenvalue weighted by Crippen LogP contribution is -2.80. The molecule has 3 rings (SSSR count). The van der Waals surface area contributed by atoms with Gasteiger partial charge >= 0.3 is 0 Å². The molecule has 1 aromatic heterocycles. The molecule has 1 amide bonds. The molecule has 1 aliphatic heterocycles. The van der Waals surface area contributed by atoms with Gasteiger partial charge in [-0.2, -0.15) is 11.3 Å². The minimum absolute atomic E-state index is 0.0459. The average Bonchev–Trinajstić information content (AvgIpc) is 3.04. The third kappa shape index (κ3) is 1.68. The van der Waals surface area contributed by atoms with Gasteiger partial charge in [0.05, 0.1) is 6.10 Å². The zero-order chi connectivity index (χ0) is 13.7. The molecule has 104 valence electrons. The van der Waals surface area contributed by atoms with Crippen LogP contribution in [0, 0.1) is 11.3 Å². The van der Waals surface area contributed by atoms with Crippen LogP contribution >= 0.6 is 11.3 Å². The SMILES string of the molecule is CC1(C)C2OCCC2C1(N)C(=O)NCc1ccsc1. The lowest BCUT2D eigenvalue weighted by molar-refractivity contribution is -0.175. The van der Waals surface area contributed by atoms with Crippen molar-refractivity contribution in [3.8, 4) is 0 Å². The van der Waals surface area contributed by atoms with Gasteiger partial charge in [0.15, 0.2) is 0 Å². The Morgan fingerprint density at radius 2 is 2.42 bits per heavy atom. The molecule has 1 aromatic rings. The van der Waals surface area contributed by atoms with Crippen LogP contribution in [0.5, 0.6) is 0 Å². The molecule has 0 radical (unpaired) electrons. The molecule has 0 aromatic carbocycles. The monoisotopic (exact) mass is 280 g/mol. The predicted octanol–water partition coefficient (Wildman–Crippen LogP) is 1.51. The summed E-state index contributed by atoms with van der Waals surface area (Å²) >= 11 is 1.63. The molecule has 3 atom stereocenters. The second-order valence-electron chi connectivity index (χ2n) is 6.09. The number of amides is 1. The van der Waals surface area contributed by atoms with Gasteiger partial charge in [0.1, 0.15) is 5.54 Å². The first-order valence-corrected chi connectivity index (χ1v) is 7.62. The van der Waals surface area contributed by atoms with Crippen LogP contribution in [0.3, 0.4) is 0 Å². The molecule has 0 spiro atoms. The maximum atomic E-state index is 12.5. The highest BCUT2D eigenvalue weighted by atomic mass is 32.1. The third-order valence-corrected chi connectivity index (χ3v) is 5.60. The maximum absolute atomic E-state index is 12.5. The number of nitrogens with one attached hydrogen (secondary N) is 1. The van der Waals surface area contributed by atoms with Crippen LogP contribution in [0.2, 0.25) is 0 Å². The summed E-state index contributed by atoms with van der Waals surface area (Å²) in [5.74, 6) is 0.112. The molecule has 1 aliphatic carbocycles. The van der Waals surface area contributed by atoms with Gasteiger partial charge in [-0.1, -0.05) is 13.8 Å². The van der Waals surface area contributed by atoms with E-state index in [4.69, 9.17) is 10.5 Å². The van der Waals surface area contributed by atoms with E-state index >= 15 is 0 Å². The van der Waals surface area contributed by atoms with Gasteiger partial charge in [-0.25, -0.2) is 0 Å². The van der Waals surface area contributed by atoms with Crippen molar-refractivity contribution < 1.29 is 9.53 Å². The second kappa shape index (κ2) is 4.30. The van der Waals surface area contributed by atoms with E-state index in [-0.39, 0.29) is 23.3 Å². The largest absolute Gasteiger partial charge is 0.377 e. The van der Waals surface area contributed by atoms with Gasteiger partial charge in [-0.3, -0.25) is 4.79 Å². The number of carbonyl (C=O) groups is 1. The van der Waals surface area contributed by atoms with Crippen LogP contribution in [-0.2, 0) is 16.1 Å². The van der Waals surface area contributed by atoms with E-state index in [9.17, 15) is 4.79 Å². The second-order valence-corrected chi connectivity index (χ2v) is 6.87. The quantitative estimate of drug-likeness (QED) is 0.882. The normalized spacial score (nSPS) is 35.5. The molecule has 5 heteroatoms. The van der Waals surface area contributed by atoms with Gasteiger partial charge in [0.25, 0.3) is 0 Å². The van der Waals surface area contributed by atoms with E-state index in [1.807, 2.05) is 30.7 Å². The van der Waals surface area contributed by atoms with E-state index in [1.165, 1.54) is 0 Å². The molecule has 0 bridgehead atoms. The summed E-state index contributed by atoms with van der Waals surface area (Å²) in [5, 5.41) is 7.03. The van der Waals surface area contributed by atoms with Crippen molar-refractivity contribution in [3.63, 3.8) is 0 Å². The fourth-order valence-electron chi connectivity index (χ4n) is 3.57. The highest BCUT2D eigenvalue weighted by molar-refractivity contribution is 7.07. The molecule has 2 aliphatic rings. The number of carbonyl (C=O) groups excluding carboxylic acids is 1. The Labute approximate surface area is 117 Å². The minimum Gasteiger partial charge on any atom is -0.377 e. The van der Waals surface area contributed by atoms with Crippen LogP contribution in [0.4, 0.5) is 0 Å². The Bertz CT molecular complexity index is 486. The molecule has 1 saturated carbocycles. The zero-order valence-electron chi connectivity index (χ0n) is 11.3. The lowest BCUT2D eigenvalue weighted by Gasteiger charge is -2.60. The summed E-state index contributed by atoms with van der Waals surface area (Å²) in [5.41, 5.74) is 6.48. The summed E-state index contributed by atoms with van der Waals surface area (Å²) in [7, 11) is 0. The van der Waals surface area contributed by atoms with Crippen molar-refractivity contribution in [2.45, 2.75) is 38.5 Å². The molecule has 19 heavy (non-hydrogen) atoms. The first-order valence-electron chi connectivity index (χ1n) is 6.68. The Kier molecular flexibility index (Phi) is 2.96. The topological polar surface area (TPSA) is 64.3 Å². The van der Waals surface area contributed by atoms with Gasteiger partial charge in [0.2, 0.25) is 5.91 Å². The summed E-state index contributed by atoms with van der Waals surface area (Å²) < 4.78 is 5.70. The standard InChI is InChI=1S/C14H20N2O2S/c1-13(2)11-10(3-5-18-11)14(13,15)12(17)16-7-9-4-6-19-8-9/h4,6,8,10-11H,3,5,7,15H2,1-2H3,(H,16,17). The summed E-state index contributed by atoms with van der Waals surface area (Å²) in [4.78, 5) is 12.5. The third-order valence-electron chi connectivity index (χ3n) is 4.86. The van der Waals surface area contributed by atoms with Gasteiger partial charge in [-0.15, -0.1) is 0 Å². The van der Waals surface area contributed by atoms with Gasteiger partial charge in [0, 0.05) is 24.5 Å². The smallest absolute Gasteiger partial charge is 0.241 e. The lowest BCUT2D eigenvalue weighted by atomic mass is 9.48. The Morgan fingerprint density at radius 3 is 3.11 bits per heavy atom. The van der Waals surface area contributed by atoms with Crippen LogP contribution in [-0.4, -0.2) is 24.2 Å². The first-order chi connectivity index (χ1) is 8.98. The predicted molar refractivity (Wildman–Crippen MR) is 74.7 cm³/mol. The van der Waals surface area contributed by atoms with E-state index in [0.29, 0.717) is 6.54 Å². The summed E-state index contributed by atoms with van der Waals surface area (Å²) in [6.45, 7) is 5.33. The van der Waals surface area contributed by atoms with Crippen molar-refractivity contribution in [1.82, 2.24) is 5.32 Å². The molecular formula is C14H20N2O2S. The van der Waals surface area contributed by atoms with E-state index < -0.39 is 5.54 Å². The summed E-state index contributed by atoms with van der Waals surface area (Å²) in [6.07, 6.45) is 1.01. The number of hydrogen-bond donors (Lipinski definition) is 2. The zero-order valence-corrected chi connectivity index (χ0v) is 12.1. The number of fused-ring (bicyclic) bond motifs is 1. The van der Waals surface area contributed by atoms with Crippen molar-refractivity contribution in [3.05, 3.63) is 22.4 Å². The van der Waals surface area contributed by atoms with Crippen LogP contribution in [0.15, 0.2) is 16.8 Å². The average molecular weight is 280 g/mol. The van der Waals surface area contributed by atoms with Gasteiger partial charge < -0.3 is 15.8 Å². The number of hydrogen-bond acceptors (Lipinski definition) is 4. The first kappa shape index (κ1) is 13.1. The number of nitrogens with two attached hydrogens (primary N) is 1. The number of rotatable bonds is 3. The Hall–Kier alpha value is -0.910. The van der Waals surface area contributed by atoms with Crippen molar-refractivity contribution in [2.24, 2.45) is 17.1 Å². The van der Waals surface area contributed by atoms with Gasteiger partial charge in [-0.05, 0) is 28.8 Å². The molecule has 1 saturated heterocycles. The minimum atomic E-state index is -0.801. The summed E-state index contributed by atoms with van der Waals surface area (Å²) in [6, 6.07) is 2.02. The van der Waals surface area contributed by atoms with E-state index in [2.05, 4.69) is 5.32 Å². The molecular weight excluding hydrogens is 260 g/mol. The van der Waals surface area contributed by atoms with E-state index in [1.54, 1.807) is 11.3 Å². The molecule has 3 N–H and O–H groups in total. The Balaban J connectivity index is 1.72. The van der Waals surface area contributed by atoms with Crippen molar-refractivity contribution in [2.75, 3.05) is 6.61 Å². The fraction of sp³-hybridized carbons (Fsp3) is 0.643. The molecule has 2 fully saturated rings. The van der Waals surface area contributed by atoms with Crippen LogP contribution in [0.1, 0.15) is 25.8 Å². The maximum Gasteiger partial charge on any atom is 0.241 e. The van der Waals surface area contributed by atoms with Crippen LogP contribution in [0.25, 0.3) is 0 Å². The van der Waals surface area contributed by atoms with E-state index in [0.717, 1.165) is 18.6 Å². The number of ether oxygens (including phenoxy) is 1. The number of thiophene rings is 1. The molecule has 2 heterocycles. The Morgan fingerprint density at radius 1 is 1.63 bits per heavy atom. The van der Waals surface area contributed by atoms with Crippen LogP contribution < -0.4 is 11.1 Å². The molecule has 4 nitrogen and oxygen atoms in total. The fourth-order valence-corrected chi connectivity index (χ4v) is 4.24.